The third kappa shape index (κ3) is 4.11. The lowest BCUT2D eigenvalue weighted by Gasteiger charge is -2.13. The fourth-order valence-corrected chi connectivity index (χ4v) is 2.98. The number of benzene rings is 1. The molecule has 2 fully saturated rings. The van der Waals surface area contributed by atoms with Crippen molar-refractivity contribution in [1.82, 2.24) is 20.1 Å². The lowest BCUT2D eigenvalue weighted by molar-refractivity contribution is 0.257. The van der Waals surface area contributed by atoms with Crippen LogP contribution in [0.25, 0.3) is 0 Å². The van der Waals surface area contributed by atoms with E-state index in [-0.39, 0.29) is 6.10 Å². The van der Waals surface area contributed by atoms with Crippen molar-refractivity contribution in [2.24, 2.45) is 0 Å². The first-order chi connectivity index (χ1) is 12.0. The zero-order valence-electron chi connectivity index (χ0n) is 14.2. The van der Waals surface area contributed by atoms with Gasteiger partial charge >= 0.3 is 0 Å². The maximum atomic E-state index is 13.8. The molecule has 7 heteroatoms. The minimum Gasteiger partial charge on any atom is -0.359 e. The number of piperidine rings is 1. The maximum Gasteiger partial charge on any atom is 0.142 e. The SMILES string of the molecule is C=C1CCNCC1.C[C@@H]1OC1(Cn1cncn1)c1ccc(F)cc1F. The Hall–Kier alpha value is -2.12. The molecule has 2 aliphatic rings. The summed E-state index contributed by atoms with van der Waals surface area (Å²) in [5.41, 5.74) is 0.983. The van der Waals surface area contributed by atoms with E-state index in [1.54, 1.807) is 4.68 Å². The van der Waals surface area contributed by atoms with Gasteiger partial charge in [0.15, 0.2) is 0 Å². The van der Waals surface area contributed by atoms with Gasteiger partial charge in [-0.25, -0.2) is 18.4 Å². The van der Waals surface area contributed by atoms with E-state index in [1.165, 1.54) is 43.2 Å². The van der Waals surface area contributed by atoms with Crippen molar-refractivity contribution in [3.63, 3.8) is 0 Å². The van der Waals surface area contributed by atoms with E-state index in [0.717, 1.165) is 19.2 Å². The number of hydrogen-bond donors (Lipinski definition) is 1. The molecule has 0 saturated carbocycles. The Morgan fingerprint density at radius 2 is 2.08 bits per heavy atom. The van der Waals surface area contributed by atoms with Crippen LogP contribution in [-0.4, -0.2) is 34.0 Å². The average Bonchev–Trinajstić information content (AvgIpc) is 2.97. The predicted molar refractivity (Wildman–Crippen MR) is 89.8 cm³/mol. The molecule has 0 spiro atoms. The highest BCUT2D eigenvalue weighted by atomic mass is 19.1. The summed E-state index contributed by atoms with van der Waals surface area (Å²) < 4.78 is 33.9. The summed E-state index contributed by atoms with van der Waals surface area (Å²) in [6.45, 7) is 8.35. The van der Waals surface area contributed by atoms with Gasteiger partial charge in [-0.3, -0.25) is 0 Å². The minimum atomic E-state index is -0.772. The van der Waals surface area contributed by atoms with E-state index in [9.17, 15) is 8.78 Å². The van der Waals surface area contributed by atoms with E-state index in [0.29, 0.717) is 12.1 Å². The monoisotopic (exact) mass is 348 g/mol. The summed E-state index contributed by atoms with van der Waals surface area (Å²) in [4.78, 5) is 3.83. The maximum absolute atomic E-state index is 13.8. The summed E-state index contributed by atoms with van der Waals surface area (Å²) in [5.74, 6) is -1.19. The molecule has 1 unspecified atom stereocenters. The average molecular weight is 348 g/mol. The van der Waals surface area contributed by atoms with Crippen LogP contribution in [0.2, 0.25) is 0 Å². The van der Waals surface area contributed by atoms with E-state index >= 15 is 0 Å². The molecule has 1 aromatic carbocycles. The quantitative estimate of drug-likeness (QED) is 0.685. The van der Waals surface area contributed by atoms with Crippen molar-refractivity contribution in [3.8, 4) is 0 Å². The Morgan fingerprint density at radius 1 is 1.36 bits per heavy atom. The van der Waals surface area contributed by atoms with Crippen LogP contribution in [0.15, 0.2) is 43.0 Å². The number of ether oxygens (including phenoxy) is 1. The third-order valence-electron chi connectivity index (χ3n) is 4.55. The van der Waals surface area contributed by atoms with Crippen molar-refractivity contribution in [2.75, 3.05) is 13.1 Å². The second kappa shape index (κ2) is 7.41. The second-order valence-electron chi connectivity index (χ2n) is 6.37. The molecule has 1 N–H and O–H groups in total. The van der Waals surface area contributed by atoms with Crippen molar-refractivity contribution < 1.29 is 13.5 Å². The third-order valence-corrected chi connectivity index (χ3v) is 4.55. The van der Waals surface area contributed by atoms with Gasteiger partial charge in [0.05, 0.1) is 12.6 Å². The number of nitrogens with zero attached hydrogens (tertiary/aromatic N) is 3. The van der Waals surface area contributed by atoms with Crippen molar-refractivity contribution >= 4 is 0 Å². The molecule has 0 amide bonds. The molecule has 5 nitrogen and oxygen atoms in total. The van der Waals surface area contributed by atoms with Gasteiger partial charge in [-0.15, -0.1) is 0 Å². The highest BCUT2D eigenvalue weighted by Crippen LogP contribution is 2.48. The van der Waals surface area contributed by atoms with Gasteiger partial charge in [-0.2, -0.15) is 5.10 Å². The van der Waals surface area contributed by atoms with E-state index < -0.39 is 17.2 Å². The molecule has 3 heterocycles. The van der Waals surface area contributed by atoms with Crippen LogP contribution < -0.4 is 5.32 Å². The van der Waals surface area contributed by atoms with Crippen LogP contribution in [0.3, 0.4) is 0 Å². The van der Waals surface area contributed by atoms with Gasteiger partial charge in [0.2, 0.25) is 0 Å². The molecule has 134 valence electrons. The van der Waals surface area contributed by atoms with Gasteiger partial charge in [-0.1, -0.05) is 18.2 Å². The topological polar surface area (TPSA) is 55.3 Å². The standard InChI is InChI=1S/C12H11F2N3O.C6H11N/c1-8-12(18-8,5-17-7-15-6-16-17)10-3-2-9(13)4-11(10)14;1-6-2-4-7-5-3-6/h2-4,6-8H,5H2,1H3;7H,1-5H2/t8-,12?;/m0./s1. The number of nitrogens with one attached hydrogen (secondary N) is 1. The van der Waals surface area contributed by atoms with Crippen molar-refractivity contribution in [1.29, 1.82) is 0 Å². The molecule has 2 saturated heterocycles. The Labute approximate surface area is 145 Å². The van der Waals surface area contributed by atoms with Crippen molar-refractivity contribution in [2.45, 2.75) is 38.0 Å². The van der Waals surface area contributed by atoms with Crippen LogP contribution in [0.1, 0.15) is 25.3 Å². The summed E-state index contributed by atoms with van der Waals surface area (Å²) in [6, 6.07) is 3.52. The molecule has 25 heavy (non-hydrogen) atoms. The van der Waals surface area contributed by atoms with Gasteiger partial charge in [-0.05, 0) is 38.9 Å². The van der Waals surface area contributed by atoms with E-state index in [2.05, 4.69) is 22.0 Å². The van der Waals surface area contributed by atoms with Gasteiger partial charge in [0.1, 0.15) is 29.9 Å². The second-order valence-corrected chi connectivity index (χ2v) is 6.37. The molecule has 1 aromatic heterocycles. The van der Waals surface area contributed by atoms with Crippen LogP contribution in [0.4, 0.5) is 8.78 Å². The molecule has 2 aromatic rings. The first-order valence-corrected chi connectivity index (χ1v) is 8.34. The molecule has 2 atom stereocenters. The van der Waals surface area contributed by atoms with Gasteiger partial charge in [0.25, 0.3) is 0 Å². The van der Waals surface area contributed by atoms with Crippen molar-refractivity contribution in [3.05, 3.63) is 60.2 Å². The molecular weight excluding hydrogens is 326 g/mol. The lowest BCUT2D eigenvalue weighted by Crippen LogP contribution is -2.22. The van der Waals surface area contributed by atoms with Crippen LogP contribution >= 0.6 is 0 Å². The first kappa shape index (κ1) is 17.7. The first-order valence-electron chi connectivity index (χ1n) is 8.34. The molecule has 4 rings (SSSR count). The summed E-state index contributed by atoms with van der Waals surface area (Å²) in [7, 11) is 0. The molecule has 2 aliphatic heterocycles. The smallest absolute Gasteiger partial charge is 0.142 e. The van der Waals surface area contributed by atoms with E-state index in [4.69, 9.17) is 4.74 Å². The fraction of sp³-hybridized carbons (Fsp3) is 0.444. The summed E-state index contributed by atoms with van der Waals surface area (Å²) in [5, 5.41) is 7.23. The molecule has 0 aliphatic carbocycles. The highest BCUT2D eigenvalue weighted by Gasteiger charge is 2.56. The van der Waals surface area contributed by atoms with E-state index in [1.807, 2.05) is 6.92 Å². The van der Waals surface area contributed by atoms with Crippen LogP contribution in [0, 0.1) is 11.6 Å². The van der Waals surface area contributed by atoms with Gasteiger partial charge < -0.3 is 10.1 Å². The number of rotatable bonds is 3. The Morgan fingerprint density at radius 3 is 2.56 bits per heavy atom. The number of hydrogen-bond acceptors (Lipinski definition) is 4. The summed E-state index contributed by atoms with van der Waals surface area (Å²) in [6.07, 6.45) is 5.17. The summed E-state index contributed by atoms with van der Waals surface area (Å²) >= 11 is 0. The van der Waals surface area contributed by atoms with Crippen LogP contribution in [0.5, 0.6) is 0 Å². The number of aromatic nitrogens is 3. The molecular formula is C18H22F2N4O. The van der Waals surface area contributed by atoms with Crippen LogP contribution in [-0.2, 0) is 16.9 Å². The minimum absolute atomic E-state index is 0.137. The lowest BCUT2D eigenvalue weighted by atomic mass is 9.95. The normalized spacial score (nSPS) is 25.2. The fourth-order valence-electron chi connectivity index (χ4n) is 2.98. The number of epoxide rings is 1. The Kier molecular flexibility index (Phi) is 5.24. The Balaban J connectivity index is 0.000000219. The van der Waals surface area contributed by atoms with Gasteiger partial charge in [0, 0.05) is 11.6 Å². The molecule has 0 bridgehead atoms. The Bertz CT molecular complexity index is 727. The zero-order chi connectivity index (χ0) is 17.9. The number of halogens is 2. The largest absolute Gasteiger partial charge is 0.359 e. The predicted octanol–water partition coefficient (Wildman–Crippen LogP) is 2.80. The highest BCUT2D eigenvalue weighted by molar-refractivity contribution is 5.30. The molecule has 0 radical (unpaired) electrons. The zero-order valence-corrected chi connectivity index (χ0v) is 14.2.